The molecule has 0 heterocycles. The predicted molar refractivity (Wildman–Crippen MR) is 150 cm³/mol. The number of halogens is 6. The standard InChI is InChI=1S/C26H29Cl3F3N3O4S/c1-16(25(37)33-17-7-4-3-5-8-17)34(14-19-21(27)9-6-10-22(19)28)24(36)15-35(40(2,38)39)18-11-12-23(29)20(13-18)26(30,31)32/h6,9-13,16-17H,3-5,7-8,14-15H2,1-2H3,(H,33,37)/t16-/m0/s1. The number of alkyl halides is 3. The molecule has 1 atom stereocenters. The van der Waals surface area contributed by atoms with Crippen LogP contribution in [0, 0.1) is 0 Å². The minimum absolute atomic E-state index is 0.0630. The smallest absolute Gasteiger partial charge is 0.352 e. The maximum atomic E-state index is 13.7. The molecule has 0 radical (unpaired) electrons. The Balaban J connectivity index is 1.97. The number of nitrogens with one attached hydrogen (secondary N) is 1. The molecule has 0 unspecified atom stereocenters. The number of hydrogen-bond acceptors (Lipinski definition) is 4. The van der Waals surface area contributed by atoms with Crippen molar-refractivity contribution in [3.8, 4) is 0 Å². The molecule has 220 valence electrons. The SMILES string of the molecule is C[C@@H](C(=O)NC1CCCCC1)N(Cc1c(Cl)cccc1Cl)C(=O)CN(c1ccc(Cl)c(C(F)(F)F)c1)S(C)(=O)=O. The summed E-state index contributed by atoms with van der Waals surface area (Å²) >= 11 is 18.3. The first-order valence-electron chi connectivity index (χ1n) is 12.5. The van der Waals surface area contributed by atoms with Gasteiger partial charge in [0.05, 0.1) is 22.5 Å². The highest BCUT2D eigenvalue weighted by atomic mass is 35.5. The van der Waals surface area contributed by atoms with Gasteiger partial charge in [0.2, 0.25) is 21.8 Å². The molecule has 1 aliphatic carbocycles. The van der Waals surface area contributed by atoms with Gasteiger partial charge in [-0.1, -0.05) is 60.1 Å². The molecule has 7 nitrogen and oxygen atoms in total. The predicted octanol–water partition coefficient (Wildman–Crippen LogP) is 6.30. The third-order valence-corrected chi connectivity index (χ3v) is 8.91. The van der Waals surface area contributed by atoms with Gasteiger partial charge in [-0.25, -0.2) is 8.42 Å². The number of hydrogen-bond donors (Lipinski definition) is 1. The molecule has 2 aromatic carbocycles. The van der Waals surface area contributed by atoms with E-state index in [0.29, 0.717) is 15.9 Å². The zero-order valence-electron chi connectivity index (χ0n) is 21.8. The lowest BCUT2D eigenvalue weighted by molar-refractivity contribution is -0.139. The van der Waals surface area contributed by atoms with Crippen molar-refractivity contribution in [3.63, 3.8) is 0 Å². The topological polar surface area (TPSA) is 86.8 Å². The summed E-state index contributed by atoms with van der Waals surface area (Å²) in [5, 5.41) is 2.76. The monoisotopic (exact) mass is 641 g/mol. The van der Waals surface area contributed by atoms with Gasteiger partial charge in [0.1, 0.15) is 12.6 Å². The van der Waals surface area contributed by atoms with E-state index in [1.54, 1.807) is 18.2 Å². The van der Waals surface area contributed by atoms with Gasteiger partial charge in [0, 0.05) is 28.2 Å². The van der Waals surface area contributed by atoms with Crippen LogP contribution in [0.3, 0.4) is 0 Å². The molecule has 1 fully saturated rings. The molecule has 2 amide bonds. The second kappa shape index (κ2) is 13.2. The molecular weight excluding hydrogens is 614 g/mol. The largest absolute Gasteiger partial charge is 0.417 e. The first-order chi connectivity index (χ1) is 18.6. The Morgan fingerprint density at radius 3 is 2.17 bits per heavy atom. The van der Waals surface area contributed by atoms with E-state index in [4.69, 9.17) is 34.8 Å². The second-order valence-corrected chi connectivity index (χ2v) is 12.8. The van der Waals surface area contributed by atoms with Crippen LogP contribution >= 0.6 is 34.8 Å². The molecule has 40 heavy (non-hydrogen) atoms. The molecule has 1 aliphatic rings. The molecule has 1 N–H and O–H groups in total. The third kappa shape index (κ3) is 8.18. The Bertz CT molecular complexity index is 1330. The number of rotatable bonds is 9. The Labute approximate surface area is 246 Å². The molecule has 1 saturated carbocycles. The molecule has 0 aliphatic heterocycles. The van der Waals surface area contributed by atoms with Gasteiger partial charge in [0.25, 0.3) is 0 Å². The maximum Gasteiger partial charge on any atom is 0.417 e. The average molecular weight is 643 g/mol. The normalized spacial score (nSPS) is 15.4. The highest BCUT2D eigenvalue weighted by Crippen LogP contribution is 2.37. The van der Waals surface area contributed by atoms with E-state index in [1.807, 2.05) is 0 Å². The Hall–Kier alpha value is -2.21. The summed E-state index contributed by atoms with van der Waals surface area (Å²) in [6.45, 7) is 0.346. The summed E-state index contributed by atoms with van der Waals surface area (Å²) in [5.74, 6) is -1.31. The fraction of sp³-hybridized carbons (Fsp3) is 0.462. The Kier molecular flexibility index (Phi) is 10.6. The van der Waals surface area contributed by atoms with E-state index >= 15 is 0 Å². The van der Waals surface area contributed by atoms with Crippen molar-refractivity contribution in [2.45, 2.75) is 63.8 Å². The first-order valence-corrected chi connectivity index (χ1v) is 15.4. The molecule has 0 aromatic heterocycles. The van der Waals surface area contributed by atoms with Gasteiger partial charge in [-0.2, -0.15) is 13.2 Å². The number of sulfonamides is 1. The first kappa shape index (κ1) is 32.3. The number of benzene rings is 2. The summed E-state index contributed by atoms with van der Waals surface area (Å²) in [6.07, 6.45) is 0.476. The molecule has 0 saturated heterocycles. The summed E-state index contributed by atoms with van der Waals surface area (Å²) in [7, 11) is -4.26. The molecule has 0 bridgehead atoms. The Morgan fingerprint density at radius 2 is 1.62 bits per heavy atom. The van der Waals surface area contributed by atoms with Crippen LogP contribution in [0.1, 0.15) is 50.2 Å². The van der Waals surface area contributed by atoms with Crippen LogP contribution in [0.4, 0.5) is 18.9 Å². The van der Waals surface area contributed by atoms with Crippen molar-refractivity contribution < 1.29 is 31.2 Å². The third-order valence-electron chi connectivity index (χ3n) is 6.73. The van der Waals surface area contributed by atoms with Gasteiger partial charge < -0.3 is 10.2 Å². The van der Waals surface area contributed by atoms with Crippen molar-refractivity contribution in [2.24, 2.45) is 0 Å². The number of anilines is 1. The van der Waals surface area contributed by atoms with E-state index in [1.165, 1.54) is 6.92 Å². The van der Waals surface area contributed by atoms with Gasteiger partial charge in [-0.05, 0) is 50.1 Å². The van der Waals surface area contributed by atoms with Crippen molar-refractivity contribution >= 4 is 62.3 Å². The van der Waals surface area contributed by atoms with Crippen LogP contribution in [0.25, 0.3) is 0 Å². The zero-order chi connectivity index (χ0) is 29.8. The highest BCUT2D eigenvalue weighted by Gasteiger charge is 2.36. The van der Waals surface area contributed by atoms with Crippen LogP contribution in [0.2, 0.25) is 15.1 Å². The van der Waals surface area contributed by atoms with E-state index < -0.39 is 56.9 Å². The van der Waals surface area contributed by atoms with Gasteiger partial charge in [-0.3, -0.25) is 13.9 Å². The average Bonchev–Trinajstić information content (AvgIpc) is 2.86. The van der Waals surface area contributed by atoms with Gasteiger partial charge >= 0.3 is 6.18 Å². The van der Waals surface area contributed by atoms with Crippen molar-refractivity contribution in [1.82, 2.24) is 10.2 Å². The minimum Gasteiger partial charge on any atom is -0.352 e. The molecule has 3 rings (SSSR count). The minimum atomic E-state index is -4.86. The van der Waals surface area contributed by atoms with Gasteiger partial charge in [-0.15, -0.1) is 0 Å². The van der Waals surface area contributed by atoms with Crippen LogP contribution < -0.4 is 9.62 Å². The van der Waals surface area contributed by atoms with Crippen LogP contribution in [0.15, 0.2) is 36.4 Å². The molecular formula is C26H29Cl3F3N3O4S. The van der Waals surface area contributed by atoms with Crippen molar-refractivity contribution in [2.75, 3.05) is 17.1 Å². The highest BCUT2D eigenvalue weighted by molar-refractivity contribution is 7.92. The van der Waals surface area contributed by atoms with E-state index in [2.05, 4.69) is 5.32 Å². The van der Waals surface area contributed by atoms with E-state index in [0.717, 1.165) is 55.4 Å². The summed E-state index contributed by atoms with van der Waals surface area (Å²) < 4.78 is 66.4. The number of amides is 2. The van der Waals surface area contributed by atoms with Crippen molar-refractivity contribution in [3.05, 3.63) is 62.6 Å². The van der Waals surface area contributed by atoms with Crippen molar-refractivity contribution in [1.29, 1.82) is 0 Å². The molecule has 14 heteroatoms. The number of nitrogens with zero attached hydrogens (tertiary/aromatic N) is 2. The van der Waals surface area contributed by atoms with Crippen LogP contribution in [0.5, 0.6) is 0 Å². The fourth-order valence-corrected chi connectivity index (χ4v) is 6.09. The van der Waals surface area contributed by atoms with Gasteiger partial charge in [0.15, 0.2) is 0 Å². The lowest BCUT2D eigenvalue weighted by Gasteiger charge is -2.33. The quantitative estimate of drug-likeness (QED) is 0.348. The number of carbonyl (C=O) groups is 2. The van der Waals surface area contributed by atoms with E-state index in [-0.39, 0.29) is 22.6 Å². The Morgan fingerprint density at radius 1 is 1.02 bits per heavy atom. The second-order valence-electron chi connectivity index (χ2n) is 9.67. The van der Waals surface area contributed by atoms with E-state index in [9.17, 15) is 31.2 Å². The zero-order valence-corrected chi connectivity index (χ0v) is 24.9. The van der Waals surface area contributed by atoms with Crippen LogP contribution in [-0.4, -0.2) is 50.0 Å². The van der Waals surface area contributed by atoms with Crippen LogP contribution in [-0.2, 0) is 32.3 Å². The lowest BCUT2D eigenvalue weighted by atomic mass is 9.95. The summed E-state index contributed by atoms with van der Waals surface area (Å²) in [5.41, 5.74) is -1.34. The fourth-order valence-electron chi connectivity index (χ4n) is 4.50. The summed E-state index contributed by atoms with van der Waals surface area (Å²) in [4.78, 5) is 28.0. The maximum absolute atomic E-state index is 13.7. The molecule has 0 spiro atoms. The summed E-state index contributed by atoms with van der Waals surface area (Å²) in [6, 6.07) is 6.09. The lowest BCUT2D eigenvalue weighted by Crippen LogP contribution is -2.53. The number of carbonyl (C=O) groups excluding carboxylic acids is 2. The molecule has 2 aromatic rings.